The van der Waals surface area contributed by atoms with Gasteiger partial charge in [0.05, 0.1) is 11.1 Å². The van der Waals surface area contributed by atoms with E-state index in [0.717, 1.165) is 0 Å². The topological polar surface area (TPSA) is 43.1 Å². The van der Waals surface area contributed by atoms with Crippen molar-refractivity contribution in [3.05, 3.63) is 34.6 Å². The van der Waals surface area contributed by atoms with Crippen molar-refractivity contribution in [3.63, 3.8) is 0 Å². The Morgan fingerprint density at radius 3 is 2.80 bits per heavy atom. The van der Waals surface area contributed by atoms with Crippen LogP contribution >= 0.6 is 11.6 Å². The third-order valence-electron chi connectivity index (χ3n) is 2.22. The molecule has 15 heavy (non-hydrogen) atoms. The SMILES string of the molecule is CCC(N)C(=O)Cc1ccc(Cl)c(F)c1. The first-order valence-corrected chi connectivity index (χ1v) is 5.14. The number of hydrogen-bond donors (Lipinski definition) is 1. The predicted octanol–water partition coefficient (Wildman–Crippen LogP) is 2.33. The molecule has 1 atom stereocenters. The molecule has 0 aliphatic carbocycles. The first kappa shape index (κ1) is 12.1. The van der Waals surface area contributed by atoms with Crippen LogP contribution in [-0.4, -0.2) is 11.8 Å². The number of nitrogens with two attached hydrogens (primary N) is 1. The molecule has 1 unspecified atom stereocenters. The van der Waals surface area contributed by atoms with Gasteiger partial charge in [0.2, 0.25) is 0 Å². The zero-order valence-corrected chi connectivity index (χ0v) is 9.22. The second-order valence-electron chi connectivity index (χ2n) is 3.41. The highest BCUT2D eigenvalue weighted by Crippen LogP contribution is 2.16. The van der Waals surface area contributed by atoms with Gasteiger partial charge in [0.15, 0.2) is 5.78 Å². The number of Topliss-reactive ketones (excluding diaryl/α,β-unsaturated/α-hetero) is 1. The van der Waals surface area contributed by atoms with Crippen LogP contribution in [0.4, 0.5) is 4.39 Å². The Morgan fingerprint density at radius 1 is 1.60 bits per heavy atom. The van der Waals surface area contributed by atoms with Crippen molar-refractivity contribution in [2.24, 2.45) is 5.73 Å². The number of benzene rings is 1. The molecule has 0 amide bonds. The number of rotatable bonds is 4. The monoisotopic (exact) mass is 229 g/mol. The van der Waals surface area contributed by atoms with E-state index in [1.165, 1.54) is 12.1 Å². The van der Waals surface area contributed by atoms with Gasteiger partial charge in [0.25, 0.3) is 0 Å². The maximum Gasteiger partial charge on any atom is 0.153 e. The molecule has 0 aromatic heterocycles. The fraction of sp³-hybridized carbons (Fsp3) is 0.364. The minimum absolute atomic E-state index is 0.0611. The van der Waals surface area contributed by atoms with E-state index in [4.69, 9.17) is 17.3 Å². The summed E-state index contributed by atoms with van der Waals surface area (Å²) in [5.41, 5.74) is 6.17. The van der Waals surface area contributed by atoms with Crippen LogP contribution < -0.4 is 5.73 Å². The summed E-state index contributed by atoms with van der Waals surface area (Å²) in [6.07, 6.45) is 0.748. The van der Waals surface area contributed by atoms with Crippen LogP contribution in [-0.2, 0) is 11.2 Å². The molecule has 0 saturated heterocycles. The van der Waals surface area contributed by atoms with Gasteiger partial charge in [-0.2, -0.15) is 0 Å². The quantitative estimate of drug-likeness (QED) is 0.861. The minimum atomic E-state index is -0.507. The maximum atomic E-state index is 13.0. The van der Waals surface area contributed by atoms with Crippen LogP contribution in [0.15, 0.2) is 18.2 Å². The second kappa shape index (κ2) is 5.24. The van der Waals surface area contributed by atoms with E-state index in [1.807, 2.05) is 6.92 Å². The smallest absolute Gasteiger partial charge is 0.153 e. The van der Waals surface area contributed by atoms with Gasteiger partial charge >= 0.3 is 0 Å². The molecule has 0 radical (unpaired) electrons. The lowest BCUT2D eigenvalue weighted by Crippen LogP contribution is -2.30. The molecule has 0 heterocycles. The third kappa shape index (κ3) is 3.29. The number of halogens is 2. The normalized spacial score (nSPS) is 12.5. The van der Waals surface area contributed by atoms with Crippen LogP contribution in [0.25, 0.3) is 0 Å². The molecule has 1 aromatic rings. The zero-order valence-electron chi connectivity index (χ0n) is 8.47. The number of carbonyl (C=O) groups excluding carboxylic acids is 1. The van der Waals surface area contributed by atoms with Crippen LogP contribution in [0.5, 0.6) is 0 Å². The molecule has 1 rings (SSSR count). The molecule has 0 bridgehead atoms. The summed E-state index contributed by atoms with van der Waals surface area (Å²) in [5.74, 6) is -0.591. The van der Waals surface area contributed by atoms with Crippen molar-refractivity contribution < 1.29 is 9.18 Å². The van der Waals surface area contributed by atoms with E-state index in [2.05, 4.69) is 0 Å². The van der Waals surface area contributed by atoms with Crippen LogP contribution in [0, 0.1) is 5.82 Å². The second-order valence-corrected chi connectivity index (χ2v) is 3.81. The molecule has 2 nitrogen and oxygen atoms in total. The molecule has 4 heteroatoms. The molecule has 0 spiro atoms. The van der Waals surface area contributed by atoms with Gasteiger partial charge in [0, 0.05) is 6.42 Å². The molecule has 1 aromatic carbocycles. The molecular formula is C11H13ClFNO. The Bertz CT molecular complexity index is 368. The van der Waals surface area contributed by atoms with Crippen LogP contribution in [0.1, 0.15) is 18.9 Å². The third-order valence-corrected chi connectivity index (χ3v) is 2.52. The average Bonchev–Trinajstić information content (AvgIpc) is 2.22. The first-order valence-electron chi connectivity index (χ1n) is 4.76. The van der Waals surface area contributed by atoms with Crippen molar-refractivity contribution in [1.82, 2.24) is 0 Å². The standard InChI is InChI=1S/C11H13ClFNO/c1-2-10(14)11(15)6-7-3-4-8(12)9(13)5-7/h3-5,10H,2,6,14H2,1H3. The van der Waals surface area contributed by atoms with Gasteiger partial charge in [-0.1, -0.05) is 24.6 Å². The summed E-state index contributed by atoms with van der Waals surface area (Å²) in [6.45, 7) is 1.84. The molecule has 0 saturated carbocycles. The predicted molar refractivity (Wildman–Crippen MR) is 58.4 cm³/mol. The van der Waals surface area contributed by atoms with Gasteiger partial charge in [-0.25, -0.2) is 4.39 Å². The first-order chi connectivity index (χ1) is 7.04. The summed E-state index contributed by atoms with van der Waals surface area (Å²) in [6, 6.07) is 3.87. The van der Waals surface area contributed by atoms with Crippen molar-refractivity contribution in [1.29, 1.82) is 0 Å². The fourth-order valence-electron chi connectivity index (χ4n) is 1.21. The summed E-state index contributed by atoms with van der Waals surface area (Å²) >= 11 is 5.52. The summed E-state index contributed by atoms with van der Waals surface area (Å²) < 4.78 is 13.0. The Labute approximate surface area is 93.2 Å². The number of carbonyl (C=O) groups is 1. The fourth-order valence-corrected chi connectivity index (χ4v) is 1.33. The van der Waals surface area contributed by atoms with Crippen LogP contribution in [0.3, 0.4) is 0 Å². The molecule has 0 fully saturated rings. The lowest BCUT2D eigenvalue weighted by molar-refractivity contribution is -0.119. The van der Waals surface area contributed by atoms with Gasteiger partial charge in [-0.05, 0) is 24.1 Å². The van der Waals surface area contributed by atoms with Gasteiger partial charge in [-0.3, -0.25) is 4.79 Å². The van der Waals surface area contributed by atoms with E-state index in [-0.39, 0.29) is 17.2 Å². The van der Waals surface area contributed by atoms with Crippen molar-refractivity contribution in [2.45, 2.75) is 25.8 Å². The van der Waals surface area contributed by atoms with Crippen molar-refractivity contribution in [3.8, 4) is 0 Å². The highest BCUT2D eigenvalue weighted by molar-refractivity contribution is 6.30. The molecule has 82 valence electrons. The number of ketones is 1. The lowest BCUT2D eigenvalue weighted by atomic mass is 10.0. The summed E-state index contributed by atoms with van der Waals surface area (Å²) in [5, 5.41) is 0.0611. The van der Waals surface area contributed by atoms with E-state index >= 15 is 0 Å². The lowest BCUT2D eigenvalue weighted by Gasteiger charge is -2.07. The number of hydrogen-bond acceptors (Lipinski definition) is 2. The Balaban J connectivity index is 2.73. The maximum absolute atomic E-state index is 13.0. The van der Waals surface area contributed by atoms with E-state index < -0.39 is 11.9 Å². The molecule has 0 aliphatic rings. The zero-order chi connectivity index (χ0) is 11.4. The van der Waals surface area contributed by atoms with E-state index in [1.54, 1.807) is 6.07 Å². The van der Waals surface area contributed by atoms with Crippen molar-refractivity contribution in [2.75, 3.05) is 0 Å². The van der Waals surface area contributed by atoms with Crippen molar-refractivity contribution >= 4 is 17.4 Å². The highest BCUT2D eigenvalue weighted by Gasteiger charge is 2.12. The Morgan fingerprint density at radius 2 is 2.27 bits per heavy atom. The summed E-state index contributed by atoms with van der Waals surface area (Å²) in [7, 11) is 0. The van der Waals surface area contributed by atoms with E-state index in [0.29, 0.717) is 12.0 Å². The average molecular weight is 230 g/mol. The molecular weight excluding hydrogens is 217 g/mol. The summed E-state index contributed by atoms with van der Waals surface area (Å²) in [4.78, 5) is 11.5. The van der Waals surface area contributed by atoms with E-state index in [9.17, 15) is 9.18 Å². The molecule has 2 N–H and O–H groups in total. The van der Waals surface area contributed by atoms with Gasteiger partial charge in [0.1, 0.15) is 5.82 Å². The van der Waals surface area contributed by atoms with Gasteiger partial charge in [-0.15, -0.1) is 0 Å². The minimum Gasteiger partial charge on any atom is -0.322 e. The Kier molecular flexibility index (Phi) is 4.24. The van der Waals surface area contributed by atoms with Crippen LogP contribution in [0.2, 0.25) is 5.02 Å². The van der Waals surface area contributed by atoms with Gasteiger partial charge < -0.3 is 5.73 Å². The largest absolute Gasteiger partial charge is 0.322 e. The highest BCUT2D eigenvalue weighted by atomic mass is 35.5. The Hall–Kier alpha value is -0.930. The molecule has 0 aliphatic heterocycles.